The zero-order valence-corrected chi connectivity index (χ0v) is 19.8. The van der Waals surface area contributed by atoms with E-state index in [1.165, 1.54) is 54.6 Å². The van der Waals surface area contributed by atoms with Crippen LogP contribution in [0.1, 0.15) is 12.5 Å². The van der Waals surface area contributed by atoms with Gasteiger partial charge in [0.25, 0.3) is 0 Å². The van der Waals surface area contributed by atoms with E-state index in [2.05, 4.69) is 128 Å². The molecule has 0 aromatic heterocycles. The molecule has 0 N–H and O–H groups in total. The van der Waals surface area contributed by atoms with Gasteiger partial charge in [-0.2, -0.15) is 0 Å². The van der Waals surface area contributed by atoms with Gasteiger partial charge < -0.3 is 0 Å². The average Bonchev–Trinajstić information content (AvgIpc) is 2.93. The molecule has 0 amide bonds. The Bertz CT molecular complexity index is 1730. The van der Waals surface area contributed by atoms with Crippen LogP contribution in [0.4, 0.5) is 0 Å². The zero-order chi connectivity index (χ0) is 23.8. The maximum Gasteiger partial charge on any atom is -0.00928 e. The van der Waals surface area contributed by atoms with Gasteiger partial charge in [0.05, 0.1) is 0 Å². The molecule has 0 aliphatic carbocycles. The van der Waals surface area contributed by atoms with Gasteiger partial charge in [0.1, 0.15) is 0 Å². The van der Waals surface area contributed by atoms with Crippen LogP contribution in [0.5, 0.6) is 0 Å². The third-order valence-corrected chi connectivity index (χ3v) is 6.87. The summed E-state index contributed by atoms with van der Waals surface area (Å²) in [6.45, 7) is 6.23. The van der Waals surface area contributed by atoms with Crippen LogP contribution in [0.25, 0.3) is 60.1 Å². The van der Waals surface area contributed by atoms with E-state index in [4.69, 9.17) is 0 Å². The first kappa shape index (κ1) is 21.1. The van der Waals surface area contributed by atoms with Crippen molar-refractivity contribution in [3.63, 3.8) is 0 Å². The van der Waals surface area contributed by atoms with Crippen LogP contribution in [0, 0.1) is 0 Å². The fourth-order valence-electron chi connectivity index (χ4n) is 5.16. The molecule has 0 aliphatic rings. The first-order valence-corrected chi connectivity index (χ1v) is 12.1. The second kappa shape index (κ2) is 8.74. The smallest absolute Gasteiger partial charge is 0.00928 e. The van der Waals surface area contributed by atoms with Gasteiger partial charge >= 0.3 is 0 Å². The van der Waals surface area contributed by atoms with Crippen molar-refractivity contribution in [1.29, 1.82) is 0 Å². The second-order valence-corrected chi connectivity index (χ2v) is 9.04. The summed E-state index contributed by atoms with van der Waals surface area (Å²) in [5.74, 6) is 0. The quantitative estimate of drug-likeness (QED) is 0.187. The Hall–Kier alpha value is -4.42. The van der Waals surface area contributed by atoms with Gasteiger partial charge in [-0.15, -0.1) is 0 Å². The van der Waals surface area contributed by atoms with Crippen molar-refractivity contribution >= 4 is 37.9 Å². The third kappa shape index (κ3) is 3.74. The molecule has 0 nitrogen and oxygen atoms in total. The lowest BCUT2D eigenvalue weighted by atomic mass is 9.91. The third-order valence-electron chi connectivity index (χ3n) is 6.87. The molecule has 0 saturated carbocycles. The summed E-state index contributed by atoms with van der Waals surface area (Å²) in [6, 6.07) is 41.8. The fourth-order valence-corrected chi connectivity index (χ4v) is 5.16. The molecular formula is C35H26. The van der Waals surface area contributed by atoms with Gasteiger partial charge in [0, 0.05) is 0 Å². The molecule has 35 heavy (non-hydrogen) atoms. The predicted molar refractivity (Wildman–Crippen MR) is 154 cm³/mol. The topological polar surface area (TPSA) is 0 Å². The standard InChI is InChI=1S/C35H26/c1-3-10-24(2)25-11-8-12-26(21-25)27-13-9-14-28(22-27)29-19-20-34-32-17-5-4-15-30(32)31-16-6-7-18-33(31)35(34)23-29/h3-23H,2H2,1H3/b10-3-. The van der Waals surface area contributed by atoms with Gasteiger partial charge in [-0.05, 0) is 90.8 Å². The van der Waals surface area contributed by atoms with Crippen LogP contribution in [0.2, 0.25) is 0 Å². The highest BCUT2D eigenvalue weighted by Gasteiger charge is 2.10. The average molecular weight is 447 g/mol. The van der Waals surface area contributed by atoms with Gasteiger partial charge in [0.15, 0.2) is 0 Å². The predicted octanol–water partition coefficient (Wildman–Crippen LogP) is 10.1. The Labute approximate surface area is 206 Å². The summed E-state index contributed by atoms with van der Waals surface area (Å²) in [5.41, 5.74) is 7.04. The molecule has 0 fully saturated rings. The number of allylic oxidation sites excluding steroid dienone is 3. The molecule has 0 spiro atoms. The Morgan fingerprint density at radius 1 is 0.486 bits per heavy atom. The van der Waals surface area contributed by atoms with E-state index in [1.54, 1.807) is 0 Å². The van der Waals surface area contributed by atoms with Crippen molar-refractivity contribution in [2.75, 3.05) is 0 Å². The van der Waals surface area contributed by atoms with E-state index < -0.39 is 0 Å². The fraction of sp³-hybridized carbons (Fsp3) is 0.0286. The van der Waals surface area contributed by atoms with Crippen molar-refractivity contribution < 1.29 is 0 Å². The number of benzene rings is 6. The molecule has 0 radical (unpaired) electrons. The summed E-state index contributed by atoms with van der Waals surface area (Å²) >= 11 is 0. The van der Waals surface area contributed by atoms with Crippen LogP contribution in [-0.4, -0.2) is 0 Å². The highest BCUT2D eigenvalue weighted by atomic mass is 14.1. The van der Waals surface area contributed by atoms with Crippen LogP contribution in [0.3, 0.4) is 0 Å². The Morgan fingerprint density at radius 2 is 0.971 bits per heavy atom. The first-order chi connectivity index (χ1) is 17.2. The molecule has 0 atom stereocenters. The molecule has 0 aliphatic heterocycles. The van der Waals surface area contributed by atoms with Crippen molar-refractivity contribution in [3.8, 4) is 22.3 Å². The van der Waals surface area contributed by atoms with Crippen molar-refractivity contribution in [2.45, 2.75) is 6.92 Å². The first-order valence-electron chi connectivity index (χ1n) is 12.1. The highest BCUT2D eigenvalue weighted by molar-refractivity contribution is 6.25. The molecule has 6 rings (SSSR count). The normalized spacial score (nSPS) is 11.6. The number of hydrogen-bond donors (Lipinski definition) is 0. The lowest BCUT2D eigenvalue weighted by molar-refractivity contribution is 1.57. The number of rotatable bonds is 4. The molecule has 0 bridgehead atoms. The van der Waals surface area contributed by atoms with E-state index in [-0.39, 0.29) is 0 Å². The molecule has 6 aromatic rings. The van der Waals surface area contributed by atoms with Gasteiger partial charge in [-0.1, -0.05) is 116 Å². The van der Waals surface area contributed by atoms with Crippen LogP contribution in [0.15, 0.2) is 134 Å². The maximum atomic E-state index is 4.20. The van der Waals surface area contributed by atoms with Gasteiger partial charge in [0.2, 0.25) is 0 Å². The van der Waals surface area contributed by atoms with E-state index in [1.807, 2.05) is 13.0 Å². The summed E-state index contributed by atoms with van der Waals surface area (Å²) in [4.78, 5) is 0. The number of hydrogen-bond acceptors (Lipinski definition) is 0. The van der Waals surface area contributed by atoms with E-state index >= 15 is 0 Å². The monoisotopic (exact) mass is 446 g/mol. The van der Waals surface area contributed by atoms with Crippen LogP contribution in [-0.2, 0) is 0 Å². The minimum Gasteiger partial charge on any atom is -0.0912 e. The van der Waals surface area contributed by atoms with E-state index in [9.17, 15) is 0 Å². The SMILES string of the molecule is C=C(/C=C\C)c1cccc(-c2cccc(-c3ccc4c5ccccc5c5ccccc5c4c3)c2)c1. The minimum absolute atomic E-state index is 1.03. The molecule has 6 aromatic carbocycles. The summed E-state index contributed by atoms with van der Waals surface area (Å²) in [6.07, 6.45) is 4.08. The minimum atomic E-state index is 1.03. The summed E-state index contributed by atoms with van der Waals surface area (Å²) < 4.78 is 0. The Balaban J connectivity index is 1.51. The van der Waals surface area contributed by atoms with Gasteiger partial charge in [-0.3, -0.25) is 0 Å². The Morgan fingerprint density at radius 3 is 1.57 bits per heavy atom. The maximum absolute atomic E-state index is 4.20. The Kier molecular flexibility index (Phi) is 5.28. The highest BCUT2D eigenvalue weighted by Crippen LogP contribution is 2.37. The van der Waals surface area contributed by atoms with E-state index in [0.29, 0.717) is 0 Å². The van der Waals surface area contributed by atoms with Crippen LogP contribution < -0.4 is 0 Å². The molecule has 0 heterocycles. The second-order valence-electron chi connectivity index (χ2n) is 9.04. The van der Waals surface area contributed by atoms with Crippen molar-refractivity contribution in [1.82, 2.24) is 0 Å². The molecule has 0 unspecified atom stereocenters. The lowest BCUT2D eigenvalue weighted by Gasteiger charge is -2.13. The van der Waals surface area contributed by atoms with Crippen LogP contribution >= 0.6 is 0 Å². The summed E-state index contributed by atoms with van der Waals surface area (Å²) in [7, 11) is 0. The van der Waals surface area contributed by atoms with Crippen molar-refractivity contribution in [3.05, 3.63) is 140 Å². The summed E-state index contributed by atoms with van der Waals surface area (Å²) in [5, 5.41) is 7.82. The zero-order valence-electron chi connectivity index (χ0n) is 19.8. The molecular weight excluding hydrogens is 420 g/mol. The largest absolute Gasteiger partial charge is 0.0912 e. The molecule has 166 valence electrons. The van der Waals surface area contributed by atoms with Crippen molar-refractivity contribution in [2.24, 2.45) is 0 Å². The molecule has 0 saturated heterocycles. The molecule has 0 heteroatoms. The van der Waals surface area contributed by atoms with Gasteiger partial charge in [-0.25, -0.2) is 0 Å². The lowest BCUT2D eigenvalue weighted by Crippen LogP contribution is -1.86. The van der Waals surface area contributed by atoms with E-state index in [0.717, 1.165) is 11.1 Å². The number of fused-ring (bicyclic) bond motifs is 6.